The summed E-state index contributed by atoms with van der Waals surface area (Å²) in [5.41, 5.74) is 0.909. The third kappa shape index (κ3) is 2.62. The van der Waals surface area contributed by atoms with E-state index >= 15 is 0 Å². The highest BCUT2D eigenvalue weighted by Crippen LogP contribution is 2.43. The van der Waals surface area contributed by atoms with E-state index in [2.05, 4.69) is 4.99 Å². The van der Waals surface area contributed by atoms with Crippen LogP contribution in [0.15, 0.2) is 40.5 Å². The maximum Gasteiger partial charge on any atom is 0.338 e. The third-order valence-electron chi connectivity index (χ3n) is 3.95. The van der Waals surface area contributed by atoms with E-state index in [9.17, 15) is 14.0 Å². The van der Waals surface area contributed by atoms with Crippen LogP contribution in [-0.4, -0.2) is 33.8 Å². The van der Waals surface area contributed by atoms with Crippen molar-refractivity contribution < 1.29 is 18.7 Å². The lowest BCUT2D eigenvalue weighted by Gasteiger charge is -2.33. The number of hydrogen-bond donors (Lipinski definition) is 0. The Hall–Kier alpha value is -2.15. The molecule has 0 N–H and O–H groups in total. The highest BCUT2D eigenvalue weighted by atomic mass is 32.2. The molecular weight excluding hydrogens is 331 g/mol. The Labute approximate surface area is 143 Å². The van der Waals surface area contributed by atoms with E-state index in [1.807, 2.05) is 0 Å². The first-order valence-corrected chi connectivity index (χ1v) is 8.54. The van der Waals surface area contributed by atoms with Gasteiger partial charge in [0, 0.05) is 5.56 Å². The normalized spacial score (nSPS) is 23.2. The van der Waals surface area contributed by atoms with Crippen molar-refractivity contribution in [2.75, 3.05) is 6.61 Å². The number of halogens is 1. The van der Waals surface area contributed by atoms with Gasteiger partial charge in [0.15, 0.2) is 5.17 Å². The molecule has 0 radical (unpaired) electrons. The monoisotopic (exact) mass is 348 g/mol. The lowest BCUT2D eigenvalue weighted by Crippen LogP contribution is -2.41. The van der Waals surface area contributed by atoms with Crippen molar-refractivity contribution in [2.24, 2.45) is 4.99 Å². The Balaban J connectivity index is 2.18. The Morgan fingerprint density at radius 1 is 1.42 bits per heavy atom. The van der Waals surface area contributed by atoms with Crippen molar-refractivity contribution >= 4 is 28.8 Å². The lowest BCUT2D eigenvalue weighted by molar-refractivity contribution is -0.139. The largest absolute Gasteiger partial charge is 0.463 e. The van der Waals surface area contributed by atoms with Crippen LogP contribution in [0.2, 0.25) is 0 Å². The minimum absolute atomic E-state index is 0.190. The van der Waals surface area contributed by atoms with E-state index in [4.69, 9.17) is 4.74 Å². The number of hydrogen-bond acceptors (Lipinski definition) is 5. The molecule has 0 spiro atoms. The standard InChI is InChI=1S/C17H17FN2O3S/c1-4-23-16(22)13-9(2)19-17-20(15(21)10(3)24-17)14(13)11-7-5-6-8-12(11)18/h5-8,10,14H,4H2,1-3H3/t10-,14+/m0/s1. The first kappa shape index (κ1) is 16.7. The predicted octanol–water partition coefficient (Wildman–Crippen LogP) is 3.04. The molecular formula is C17H17FN2O3S. The van der Waals surface area contributed by atoms with E-state index in [1.165, 1.54) is 22.7 Å². The Kier molecular flexibility index (Phi) is 4.45. The van der Waals surface area contributed by atoms with E-state index in [-0.39, 0.29) is 28.9 Å². The summed E-state index contributed by atoms with van der Waals surface area (Å²) in [5.74, 6) is -1.25. The molecule has 2 heterocycles. The molecule has 0 unspecified atom stereocenters. The average molecular weight is 348 g/mol. The number of nitrogens with zero attached hydrogens (tertiary/aromatic N) is 2. The number of benzene rings is 1. The Morgan fingerprint density at radius 3 is 2.79 bits per heavy atom. The van der Waals surface area contributed by atoms with Gasteiger partial charge in [-0.2, -0.15) is 0 Å². The van der Waals surface area contributed by atoms with Crippen LogP contribution in [0, 0.1) is 5.82 Å². The van der Waals surface area contributed by atoms with Crippen molar-refractivity contribution in [3.8, 4) is 0 Å². The maximum absolute atomic E-state index is 14.4. The molecule has 7 heteroatoms. The number of amidine groups is 1. The minimum atomic E-state index is -0.859. The van der Waals surface area contributed by atoms with Gasteiger partial charge in [-0.15, -0.1) is 0 Å². The van der Waals surface area contributed by atoms with Crippen LogP contribution in [0.4, 0.5) is 4.39 Å². The topological polar surface area (TPSA) is 59.0 Å². The van der Waals surface area contributed by atoms with Crippen molar-refractivity contribution in [2.45, 2.75) is 32.1 Å². The highest BCUT2D eigenvalue weighted by Gasteiger charge is 2.46. The molecule has 3 rings (SSSR count). The molecule has 2 atom stereocenters. The zero-order valence-corrected chi connectivity index (χ0v) is 14.4. The van der Waals surface area contributed by atoms with Gasteiger partial charge in [0.2, 0.25) is 5.91 Å². The van der Waals surface area contributed by atoms with Crippen molar-refractivity contribution in [1.29, 1.82) is 0 Å². The second-order valence-electron chi connectivity index (χ2n) is 5.51. The molecule has 0 aliphatic carbocycles. The first-order chi connectivity index (χ1) is 11.5. The molecule has 0 bridgehead atoms. The zero-order valence-electron chi connectivity index (χ0n) is 13.6. The lowest BCUT2D eigenvalue weighted by atomic mass is 9.94. The van der Waals surface area contributed by atoms with E-state index in [0.29, 0.717) is 10.9 Å². The van der Waals surface area contributed by atoms with E-state index in [0.717, 1.165) is 0 Å². The van der Waals surface area contributed by atoms with Crippen LogP contribution in [0.1, 0.15) is 32.4 Å². The molecule has 1 aromatic rings. The number of rotatable bonds is 3. The van der Waals surface area contributed by atoms with Gasteiger partial charge in [-0.05, 0) is 26.8 Å². The summed E-state index contributed by atoms with van der Waals surface area (Å²) < 4.78 is 19.6. The van der Waals surface area contributed by atoms with Gasteiger partial charge in [0.25, 0.3) is 0 Å². The fourth-order valence-electron chi connectivity index (χ4n) is 2.86. The molecule has 1 fully saturated rings. The van der Waals surface area contributed by atoms with Crippen LogP contribution >= 0.6 is 11.8 Å². The number of esters is 1. The van der Waals surface area contributed by atoms with Crippen LogP contribution < -0.4 is 0 Å². The van der Waals surface area contributed by atoms with E-state index < -0.39 is 17.8 Å². The van der Waals surface area contributed by atoms with Crippen molar-refractivity contribution in [3.05, 3.63) is 46.9 Å². The second-order valence-corrected chi connectivity index (χ2v) is 6.81. The summed E-state index contributed by atoms with van der Waals surface area (Å²) in [4.78, 5) is 30.8. The summed E-state index contributed by atoms with van der Waals surface area (Å²) in [7, 11) is 0. The SMILES string of the molecule is CCOC(=O)C1=C(C)N=C2S[C@@H](C)C(=O)N2[C@@H]1c1ccccc1F. The van der Waals surface area contributed by atoms with Gasteiger partial charge < -0.3 is 4.74 Å². The fraction of sp³-hybridized carbons (Fsp3) is 0.353. The summed E-state index contributed by atoms with van der Waals surface area (Å²) in [6, 6.07) is 5.29. The maximum atomic E-state index is 14.4. The van der Waals surface area contributed by atoms with Gasteiger partial charge in [-0.3, -0.25) is 9.69 Å². The predicted molar refractivity (Wildman–Crippen MR) is 89.8 cm³/mol. The highest BCUT2D eigenvalue weighted by molar-refractivity contribution is 8.15. The molecule has 24 heavy (non-hydrogen) atoms. The molecule has 5 nitrogen and oxygen atoms in total. The van der Waals surface area contributed by atoms with Gasteiger partial charge in [0.05, 0.1) is 23.1 Å². The quantitative estimate of drug-likeness (QED) is 0.788. The molecule has 1 aromatic carbocycles. The van der Waals surface area contributed by atoms with Crippen molar-refractivity contribution in [1.82, 2.24) is 4.90 Å². The van der Waals surface area contributed by atoms with Gasteiger partial charge in [0.1, 0.15) is 11.9 Å². The molecule has 2 aliphatic heterocycles. The minimum Gasteiger partial charge on any atom is -0.463 e. The molecule has 0 aromatic heterocycles. The number of allylic oxidation sites excluding steroid dienone is 1. The third-order valence-corrected chi connectivity index (χ3v) is 5.01. The number of amides is 1. The Bertz CT molecular complexity index is 775. The molecule has 1 amide bonds. The zero-order chi connectivity index (χ0) is 17.4. The van der Waals surface area contributed by atoms with Crippen LogP contribution in [0.5, 0.6) is 0 Å². The number of carbonyl (C=O) groups is 2. The first-order valence-electron chi connectivity index (χ1n) is 7.66. The molecule has 1 saturated heterocycles. The van der Waals surface area contributed by atoms with Crippen LogP contribution in [0.3, 0.4) is 0 Å². The van der Waals surface area contributed by atoms with E-state index in [1.54, 1.807) is 39.0 Å². The van der Waals surface area contributed by atoms with Crippen LogP contribution in [-0.2, 0) is 14.3 Å². The van der Waals surface area contributed by atoms with Gasteiger partial charge in [-0.1, -0.05) is 30.0 Å². The Morgan fingerprint density at radius 2 is 2.12 bits per heavy atom. The summed E-state index contributed by atoms with van der Waals surface area (Å²) in [6.45, 7) is 5.34. The molecule has 0 saturated carbocycles. The molecule has 2 aliphatic rings. The smallest absolute Gasteiger partial charge is 0.338 e. The summed E-state index contributed by atoms with van der Waals surface area (Å²) >= 11 is 1.31. The van der Waals surface area contributed by atoms with Gasteiger partial charge in [-0.25, -0.2) is 14.2 Å². The van der Waals surface area contributed by atoms with Crippen LogP contribution in [0.25, 0.3) is 0 Å². The number of ether oxygens (including phenoxy) is 1. The fourth-order valence-corrected chi connectivity index (χ4v) is 3.89. The summed E-state index contributed by atoms with van der Waals surface area (Å²) in [6.07, 6.45) is 0. The number of carbonyl (C=O) groups excluding carboxylic acids is 2. The second kappa shape index (κ2) is 6.39. The van der Waals surface area contributed by atoms with Gasteiger partial charge >= 0.3 is 5.97 Å². The number of aliphatic imine (C=N–C) groups is 1. The number of thioether (sulfide) groups is 1. The molecule has 126 valence electrons. The average Bonchev–Trinajstić information content (AvgIpc) is 2.81. The van der Waals surface area contributed by atoms with Crippen molar-refractivity contribution in [3.63, 3.8) is 0 Å². The number of fused-ring (bicyclic) bond motifs is 1. The summed E-state index contributed by atoms with van der Waals surface area (Å²) in [5, 5.41) is 0.165.